The largest absolute Gasteiger partial charge is 4.00 e. The van der Waals surface area contributed by atoms with Crippen molar-refractivity contribution in [3.63, 3.8) is 0 Å². The first-order chi connectivity index (χ1) is 6.24. The quantitative estimate of drug-likeness (QED) is 0.626. The maximum absolute atomic E-state index is 5.42. The van der Waals surface area contributed by atoms with Crippen molar-refractivity contribution in [2.75, 3.05) is 26.4 Å². The van der Waals surface area contributed by atoms with E-state index in [-0.39, 0.29) is 17.6 Å². The second-order valence-corrected chi connectivity index (χ2v) is 4.39. The molecule has 0 saturated carbocycles. The number of rotatable bonds is 8. The normalized spacial score (nSPS) is 11.1. The Morgan fingerprint density at radius 1 is 0.643 bits per heavy atom. The Labute approximate surface area is 98.7 Å². The van der Waals surface area contributed by atoms with E-state index in [1.54, 1.807) is 0 Å². The molecule has 0 aromatic carbocycles. The summed E-state index contributed by atoms with van der Waals surface area (Å²) in [6.45, 7) is 9.80. The Bertz CT molecular complexity index is 96.4. The Balaban J connectivity index is 0. The minimum atomic E-state index is -2.80. The molecule has 0 atom stereocenters. The van der Waals surface area contributed by atoms with Crippen molar-refractivity contribution in [1.82, 2.24) is 0 Å². The third-order valence-corrected chi connectivity index (χ3v) is 3.85. The van der Waals surface area contributed by atoms with Crippen LogP contribution in [-0.4, -0.2) is 53.1 Å². The topological polar surface area (TPSA) is 36.9 Å². The Hall–Kier alpha value is 0.600. The predicted molar refractivity (Wildman–Crippen MR) is 58.0 cm³/mol. The Kier molecular flexibility index (Phi) is 12.3. The van der Waals surface area contributed by atoms with E-state index >= 15 is 0 Å². The molecule has 0 unspecified atom stereocenters. The zero-order valence-electron chi connectivity index (χ0n) is 9.46. The molecule has 0 aliphatic heterocycles. The summed E-state index contributed by atoms with van der Waals surface area (Å²) in [4.78, 5) is 0. The molecular weight excluding hydrogens is 261 g/mol. The van der Waals surface area contributed by atoms with Crippen molar-refractivity contribution < 1.29 is 17.7 Å². The fourth-order valence-electron chi connectivity index (χ4n) is 0.957. The molecular formula is C8H20GeO4Si+4. The molecule has 0 spiro atoms. The summed E-state index contributed by atoms with van der Waals surface area (Å²) in [7, 11) is -2.80. The van der Waals surface area contributed by atoms with Crippen LogP contribution in [0, 0.1) is 0 Å². The first kappa shape index (κ1) is 17.0. The van der Waals surface area contributed by atoms with E-state index < -0.39 is 9.05 Å². The van der Waals surface area contributed by atoms with E-state index in [0.29, 0.717) is 26.4 Å². The summed E-state index contributed by atoms with van der Waals surface area (Å²) >= 11 is 0. The van der Waals surface area contributed by atoms with Crippen molar-refractivity contribution >= 4 is 26.6 Å². The molecule has 4 nitrogen and oxygen atoms in total. The van der Waals surface area contributed by atoms with Crippen LogP contribution in [0.2, 0.25) is 0 Å². The molecule has 6 heteroatoms. The van der Waals surface area contributed by atoms with Gasteiger partial charge in [0.2, 0.25) is 0 Å². The molecule has 0 saturated heterocycles. The van der Waals surface area contributed by atoms with E-state index in [4.69, 9.17) is 17.7 Å². The third-order valence-electron chi connectivity index (χ3n) is 1.28. The van der Waals surface area contributed by atoms with Gasteiger partial charge in [-0.1, -0.05) is 0 Å². The fraction of sp³-hybridized carbons (Fsp3) is 1.00. The molecule has 80 valence electrons. The Morgan fingerprint density at radius 3 is 1.00 bits per heavy atom. The van der Waals surface area contributed by atoms with Crippen molar-refractivity contribution in [2.45, 2.75) is 27.7 Å². The molecule has 0 bridgehead atoms. The molecule has 14 heavy (non-hydrogen) atoms. The molecule has 0 aliphatic carbocycles. The van der Waals surface area contributed by atoms with Gasteiger partial charge in [-0.25, -0.2) is 0 Å². The van der Waals surface area contributed by atoms with Gasteiger partial charge >= 0.3 is 26.6 Å². The minimum absolute atomic E-state index is 0. The first-order valence-corrected chi connectivity index (χ1v) is 6.43. The molecule has 0 aromatic rings. The van der Waals surface area contributed by atoms with Gasteiger partial charge in [0.1, 0.15) is 0 Å². The van der Waals surface area contributed by atoms with Crippen LogP contribution in [0.1, 0.15) is 27.7 Å². The van der Waals surface area contributed by atoms with Gasteiger partial charge in [0.25, 0.3) is 0 Å². The van der Waals surface area contributed by atoms with E-state index in [9.17, 15) is 0 Å². The maximum Gasteiger partial charge on any atom is 4.00 e. The molecule has 0 N–H and O–H groups in total. The van der Waals surface area contributed by atoms with Crippen LogP contribution in [0.25, 0.3) is 0 Å². The third kappa shape index (κ3) is 6.15. The molecule has 0 amide bonds. The fourth-order valence-corrected chi connectivity index (χ4v) is 2.87. The molecule has 0 radical (unpaired) electrons. The molecule has 0 aliphatic rings. The SMILES string of the molecule is CCO[Si](OCC)(OCC)OCC.[Ge+4]. The van der Waals surface area contributed by atoms with Gasteiger partial charge in [-0.15, -0.1) is 0 Å². The monoisotopic (exact) mass is 282 g/mol. The summed E-state index contributed by atoms with van der Waals surface area (Å²) < 4.78 is 21.7. The zero-order chi connectivity index (χ0) is 10.2. The van der Waals surface area contributed by atoms with E-state index in [1.165, 1.54) is 0 Å². The van der Waals surface area contributed by atoms with Crippen LogP contribution in [0.5, 0.6) is 0 Å². The molecule has 0 heterocycles. The van der Waals surface area contributed by atoms with Gasteiger partial charge in [0.15, 0.2) is 0 Å². The minimum Gasteiger partial charge on any atom is -0.351 e. The van der Waals surface area contributed by atoms with Crippen molar-refractivity contribution in [1.29, 1.82) is 0 Å². The summed E-state index contributed by atoms with van der Waals surface area (Å²) in [5.41, 5.74) is 0. The summed E-state index contributed by atoms with van der Waals surface area (Å²) in [6, 6.07) is 0. The second kappa shape index (κ2) is 10.1. The summed E-state index contributed by atoms with van der Waals surface area (Å²) in [6.07, 6.45) is 0. The predicted octanol–water partition coefficient (Wildman–Crippen LogP) is 1.19. The van der Waals surface area contributed by atoms with Gasteiger partial charge in [-0.3, -0.25) is 0 Å². The van der Waals surface area contributed by atoms with Gasteiger partial charge < -0.3 is 17.7 Å². The van der Waals surface area contributed by atoms with Crippen LogP contribution in [0.15, 0.2) is 0 Å². The van der Waals surface area contributed by atoms with E-state index in [2.05, 4.69) is 0 Å². The van der Waals surface area contributed by atoms with Crippen LogP contribution >= 0.6 is 0 Å². The van der Waals surface area contributed by atoms with Gasteiger partial charge in [0, 0.05) is 26.4 Å². The average molecular weight is 281 g/mol. The summed E-state index contributed by atoms with van der Waals surface area (Å²) in [5, 5.41) is 0. The second-order valence-electron chi connectivity index (χ2n) is 2.23. The molecule has 0 fully saturated rings. The Morgan fingerprint density at radius 2 is 0.857 bits per heavy atom. The van der Waals surface area contributed by atoms with E-state index in [0.717, 1.165) is 0 Å². The van der Waals surface area contributed by atoms with Gasteiger partial charge in [-0.05, 0) is 27.7 Å². The number of hydrogen-bond donors (Lipinski definition) is 0. The smallest absolute Gasteiger partial charge is 0.351 e. The standard InChI is InChI=1S/C8H20O4Si.Ge/c1-5-9-13(10-6-2,11-7-3)12-8-4;/h5-8H2,1-4H3;/q;+4. The van der Waals surface area contributed by atoms with Crippen molar-refractivity contribution in [3.8, 4) is 0 Å². The zero-order valence-corrected chi connectivity index (χ0v) is 12.6. The van der Waals surface area contributed by atoms with Crippen molar-refractivity contribution in [2.24, 2.45) is 0 Å². The van der Waals surface area contributed by atoms with Crippen LogP contribution in [0.4, 0.5) is 0 Å². The molecule has 0 rings (SSSR count). The van der Waals surface area contributed by atoms with Crippen LogP contribution < -0.4 is 0 Å². The van der Waals surface area contributed by atoms with Crippen molar-refractivity contribution in [3.05, 3.63) is 0 Å². The maximum atomic E-state index is 5.42. The number of hydrogen-bond acceptors (Lipinski definition) is 4. The van der Waals surface area contributed by atoms with E-state index in [1.807, 2.05) is 27.7 Å². The van der Waals surface area contributed by atoms with Gasteiger partial charge in [0.05, 0.1) is 0 Å². The van der Waals surface area contributed by atoms with Gasteiger partial charge in [-0.2, -0.15) is 0 Å². The average Bonchev–Trinajstić information content (AvgIpc) is 2.06. The van der Waals surface area contributed by atoms with Crippen LogP contribution in [-0.2, 0) is 17.7 Å². The first-order valence-electron chi connectivity index (χ1n) is 4.80. The summed E-state index contributed by atoms with van der Waals surface area (Å²) in [5.74, 6) is 0. The van der Waals surface area contributed by atoms with Crippen LogP contribution in [0.3, 0.4) is 0 Å². The molecule has 0 aromatic heterocycles.